The monoisotopic (exact) mass is 254 g/mol. The molecule has 0 amide bonds. The van der Waals surface area contributed by atoms with Crippen molar-refractivity contribution in [3.8, 4) is 0 Å². The summed E-state index contributed by atoms with van der Waals surface area (Å²) in [7, 11) is 0. The highest BCUT2D eigenvalue weighted by Crippen LogP contribution is 2.28. The van der Waals surface area contributed by atoms with Gasteiger partial charge in [0, 0.05) is 0 Å². The van der Waals surface area contributed by atoms with Crippen LogP contribution in [0.1, 0.15) is 6.92 Å². The largest absolute Gasteiger partial charge is 0.458 e. The van der Waals surface area contributed by atoms with Crippen LogP contribution in [-0.2, 0) is 4.74 Å². The summed E-state index contributed by atoms with van der Waals surface area (Å²) in [6.07, 6.45) is 0. The van der Waals surface area contributed by atoms with Gasteiger partial charge in [0.2, 0.25) is 0 Å². The summed E-state index contributed by atoms with van der Waals surface area (Å²) in [6, 6.07) is 0.398. The van der Waals surface area contributed by atoms with Gasteiger partial charge in [-0.3, -0.25) is 0 Å². The zero-order valence-electron chi connectivity index (χ0n) is 8.02. The Morgan fingerprint density at radius 3 is 2.44 bits per heavy atom. The third-order valence-corrected chi connectivity index (χ3v) is 2.33. The average Bonchev–Trinajstić information content (AvgIpc) is 2.23. The SMILES string of the molecule is CCOC(=O)Sc1cc(F)c(F)c(F)c1F. The number of carbonyl (C=O) groups excluding carboxylic acids is 1. The van der Waals surface area contributed by atoms with E-state index in [-0.39, 0.29) is 18.4 Å². The van der Waals surface area contributed by atoms with E-state index in [1.807, 2.05) is 0 Å². The third kappa shape index (κ3) is 2.66. The molecule has 0 aliphatic carbocycles. The summed E-state index contributed by atoms with van der Waals surface area (Å²) in [6.45, 7) is 1.56. The van der Waals surface area contributed by atoms with Crippen LogP contribution in [0, 0.1) is 23.3 Å². The van der Waals surface area contributed by atoms with Crippen LogP contribution in [0.3, 0.4) is 0 Å². The Morgan fingerprint density at radius 2 is 1.88 bits per heavy atom. The number of halogens is 4. The van der Waals surface area contributed by atoms with Gasteiger partial charge in [0.15, 0.2) is 23.3 Å². The van der Waals surface area contributed by atoms with E-state index >= 15 is 0 Å². The molecule has 88 valence electrons. The van der Waals surface area contributed by atoms with Crippen molar-refractivity contribution in [3.63, 3.8) is 0 Å². The molecule has 0 heterocycles. The zero-order valence-corrected chi connectivity index (χ0v) is 8.84. The van der Waals surface area contributed by atoms with Crippen LogP contribution in [0.5, 0.6) is 0 Å². The van der Waals surface area contributed by atoms with Gasteiger partial charge < -0.3 is 4.74 Å². The average molecular weight is 254 g/mol. The molecule has 1 aromatic carbocycles. The predicted molar refractivity (Wildman–Crippen MR) is 49.2 cm³/mol. The van der Waals surface area contributed by atoms with Gasteiger partial charge in [-0.25, -0.2) is 22.4 Å². The van der Waals surface area contributed by atoms with Crippen molar-refractivity contribution in [1.29, 1.82) is 0 Å². The summed E-state index contributed by atoms with van der Waals surface area (Å²) < 4.78 is 55.4. The second kappa shape index (κ2) is 5.20. The van der Waals surface area contributed by atoms with Crippen molar-refractivity contribution in [2.24, 2.45) is 0 Å². The molecule has 0 saturated carbocycles. The quantitative estimate of drug-likeness (QED) is 0.266. The molecule has 0 saturated heterocycles. The molecule has 2 nitrogen and oxygen atoms in total. The molecule has 0 bridgehead atoms. The Bertz CT molecular complexity index is 422. The Balaban J connectivity index is 3.02. The fourth-order valence-electron chi connectivity index (χ4n) is 0.863. The molecule has 0 aromatic heterocycles. The van der Waals surface area contributed by atoms with Gasteiger partial charge in [0.05, 0.1) is 11.5 Å². The number of thioether (sulfide) groups is 1. The molecule has 0 unspecified atom stereocenters. The van der Waals surface area contributed by atoms with Crippen LogP contribution >= 0.6 is 11.8 Å². The molecule has 0 fully saturated rings. The maximum Gasteiger partial charge on any atom is 0.372 e. The zero-order chi connectivity index (χ0) is 12.3. The van der Waals surface area contributed by atoms with E-state index in [2.05, 4.69) is 4.74 Å². The Hall–Kier alpha value is -1.24. The molecular formula is C9H6F4O2S. The van der Waals surface area contributed by atoms with E-state index in [4.69, 9.17) is 0 Å². The molecule has 0 N–H and O–H groups in total. The normalized spacial score (nSPS) is 10.3. The van der Waals surface area contributed by atoms with Crippen LogP contribution in [-0.4, -0.2) is 11.9 Å². The second-order valence-electron chi connectivity index (χ2n) is 2.58. The lowest BCUT2D eigenvalue weighted by atomic mass is 10.3. The lowest BCUT2D eigenvalue weighted by molar-refractivity contribution is 0.181. The molecule has 0 atom stereocenters. The Labute approximate surface area is 92.6 Å². The summed E-state index contributed by atoms with van der Waals surface area (Å²) in [5, 5.41) is -0.924. The number of carbonyl (C=O) groups is 1. The lowest BCUT2D eigenvalue weighted by Gasteiger charge is -2.04. The van der Waals surface area contributed by atoms with Gasteiger partial charge in [0.25, 0.3) is 0 Å². The first kappa shape index (κ1) is 12.8. The molecular weight excluding hydrogens is 248 g/mol. The predicted octanol–water partition coefficient (Wildman–Crippen LogP) is 3.49. The lowest BCUT2D eigenvalue weighted by Crippen LogP contribution is -2.01. The molecule has 1 rings (SSSR count). The van der Waals surface area contributed by atoms with Gasteiger partial charge in [-0.2, -0.15) is 0 Å². The highest BCUT2D eigenvalue weighted by molar-refractivity contribution is 8.13. The Kier molecular flexibility index (Phi) is 4.17. The number of benzene rings is 1. The van der Waals surface area contributed by atoms with E-state index < -0.39 is 33.5 Å². The number of ether oxygens (including phenoxy) is 1. The van der Waals surface area contributed by atoms with Crippen molar-refractivity contribution in [3.05, 3.63) is 29.3 Å². The number of hydrogen-bond acceptors (Lipinski definition) is 3. The smallest absolute Gasteiger partial charge is 0.372 e. The van der Waals surface area contributed by atoms with E-state index in [1.165, 1.54) is 6.92 Å². The van der Waals surface area contributed by atoms with Gasteiger partial charge in [0.1, 0.15) is 0 Å². The molecule has 1 aromatic rings. The van der Waals surface area contributed by atoms with Crippen LogP contribution < -0.4 is 0 Å². The molecule has 0 aliphatic heterocycles. The molecule has 7 heteroatoms. The van der Waals surface area contributed by atoms with Crippen molar-refractivity contribution < 1.29 is 27.1 Å². The number of hydrogen-bond donors (Lipinski definition) is 0. The first-order valence-electron chi connectivity index (χ1n) is 4.15. The van der Waals surface area contributed by atoms with Crippen molar-refractivity contribution >= 4 is 17.1 Å². The minimum Gasteiger partial charge on any atom is -0.458 e. The minimum absolute atomic E-state index is 0.0413. The van der Waals surface area contributed by atoms with E-state index in [1.54, 1.807) is 0 Å². The first-order valence-corrected chi connectivity index (χ1v) is 4.96. The van der Waals surface area contributed by atoms with Crippen molar-refractivity contribution in [1.82, 2.24) is 0 Å². The number of rotatable bonds is 2. The van der Waals surface area contributed by atoms with Crippen LogP contribution in [0.2, 0.25) is 0 Å². The second-order valence-corrected chi connectivity index (χ2v) is 3.56. The summed E-state index contributed by atoms with van der Waals surface area (Å²) in [4.78, 5) is 10.3. The van der Waals surface area contributed by atoms with E-state index in [0.717, 1.165) is 0 Å². The van der Waals surface area contributed by atoms with Gasteiger partial charge in [-0.05, 0) is 24.8 Å². The van der Waals surface area contributed by atoms with Gasteiger partial charge in [-0.15, -0.1) is 0 Å². The summed E-state index contributed by atoms with van der Waals surface area (Å²) in [5.74, 6) is -7.04. The third-order valence-electron chi connectivity index (χ3n) is 1.52. The fraction of sp³-hybridized carbons (Fsp3) is 0.222. The fourth-order valence-corrected chi connectivity index (χ4v) is 1.56. The standard InChI is InChI=1S/C9H6F4O2S/c1-2-15-9(14)16-5-3-4(10)6(11)8(13)7(5)12/h3H,2H2,1H3. The maximum absolute atomic E-state index is 13.0. The van der Waals surface area contributed by atoms with Crippen molar-refractivity contribution in [2.45, 2.75) is 11.8 Å². The first-order chi connectivity index (χ1) is 7.47. The molecule has 0 spiro atoms. The maximum atomic E-state index is 13.0. The topological polar surface area (TPSA) is 26.3 Å². The Morgan fingerprint density at radius 1 is 1.25 bits per heavy atom. The molecule has 0 radical (unpaired) electrons. The van der Waals surface area contributed by atoms with E-state index in [9.17, 15) is 22.4 Å². The molecule has 0 aliphatic rings. The molecule has 16 heavy (non-hydrogen) atoms. The van der Waals surface area contributed by atoms with E-state index in [0.29, 0.717) is 6.07 Å². The highest BCUT2D eigenvalue weighted by atomic mass is 32.2. The highest BCUT2D eigenvalue weighted by Gasteiger charge is 2.21. The minimum atomic E-state index is -1.95. The van der Waals surface area contributed by atoms with Gasteiger partial charge >= 0.3 is 5.30 Å². The van der Waals surface area contributed by atoms with Gasteiger partial charge in [-0.1, -0.05) is 0 Å². The van der Waals surface area contributed by atoms with Crippen molar-refractivity contribution in [2.75, 3.05) is 6.61 Å². The summed E-state index contributed by atoms with van der Waals surface area (Å²) >= 11 is 0.149. The summed E-state index contributed by atoms with van der Waals surface area (Å²) in [5.41, 5.74) is 0. The van der Waals surface area contributed by atoms with Crippen LogP contribution in [0.4, 0.5) is 22.4 Å². The van der Waals surface area contributed by atoms with Crippen LogP contribution in [0.25, 0.3) is 0 Å². The van der Waals surface area contributed by atoms with Crippen LogP contribution in [0.15, 0.2) is 11.0 Å².